The number of rotatable bonds is 6. The zero-order valence-electron chi connectivity index (χ0n) is 19.3. The second-order valence-electron chi connectivity index (χ2n) is 7.87. The predicted octanol–water partition coefficient (Wildman–Crippen LogP) is 5.54. The third kappa shape index (κ3) is 4.42. The summed E-state index contributed by atoms with van der Waals surface area (Å²) in [4.78, 5) is 39.2. The van der Waals surface area contributed by atoms with Crippen LogP contribution in [0.4, 0.5) is 5.00 Å². The molecule has 0 fully saturated rings. The van der Waals surface area contributed by atoms with E-state index in [9.17, 15) is 14.4 Å². The van der Waals surface area contributed by atoms with Crippen LogP contribution in [0.25, 0.3) is 27.6 Å². The minimum Gasteiger partial charge on any atom is -0.461 e. The Morgan fingerprint density at radius 3 is 2.22 bits per heavy atom. The van der Waals surface area contributed by atoms with E-state index in [1.807, 2.05) is 48.5 Å². The van der Waals surface area contributed by atoms with Gasteiger partial charge in [-0.2, -0.15) is 9.78 Å². The molecule has 0 saturated heterocycles. The van der Waals surface area contributed by atoms with Gasteiger partial charge in [0, 0.05) is 16.3 Å². The molecule has 0 aliphatic carbocycles. The molecule has 5 rings (SSSR count). The van der Waals surface area contributed by atoms with Crippen molar-refractivity contribution in [2.75, 3.05) is 11.9 Å². The maximum absolute atomic E-state index is 13.5. The van der Waals surface area contributed by atoms with E-state index in [4.69, 9.17) is 4.74 Å². The second kappa shape index (κ2) is 9.97. The molecule has 2 aromatic heterocycles. The van der Waals surface area contributed by atoms with Crippen LogP contribution in [0.1, 0.15) is 27.8 Å². The molecule has 0 aliphatic heterocycles. The first-order chi connectivity index (χ1) is 17.6. The fourth-order valence-corrected chi connectivity index (χ4v) is 4.79. The van der Waals surface area contributed by atoms with Crippen LogP contribution in [-0.2, 0) is 4.74 Å². The summed E-state index contributed by atoms with van der Waals surface area (Å²) in [6.07, 6.45) is 0. The number of nitrogens with zero attached hydrogens (tertiary/aromatic N) is 2. The third-order valence-corrected chi connectivity index (χ3v) is 6.50. The monoisotopic (exact) mass is 495 g/mol. The smallest absolute Gasteiger partial charge is 0.359 e. The first-order valence-electron chi connectivity index (χ1n) is 11.3. The van der Waals surface area contributed by atoms with Crippen LogP contribution in [0, 0.1) is 0 Å². The molecule has 0 saturated carbocycles. The molecule has 5 aromatic rings. The Balaban J connectivity index is 1.54. The van der Waals surface area contributed by atoms with Gasteiger partial charge in [-0.25, -0.2) is 4.79 Å². The number of fused-ring (bicyclic) bond motifs is 1. The Kier molecular flexibility index (Phi) is 6.42. The molecule has 0 bridgehead atoms. The molecule has 36 heavy (non-hydrogen) atoms. The van der Waals surface area contributed by atoms with Gasteiger partial charge in [0.2, 0.25) is 0 Å². The number of carbonyl (C=O) groups is 2. The van der Waals surface area contributed by atoms with Crippen molar-refractivity contribution in [1.82, 2.24) is 9.78 Å². The lowest BCUT2D eigenvalue weighted by molar-refractivity contribution is 0.0520. The number of esters is 1. The van der Waals surface area contributed by atoms with E-state index in [0.29, 0.717) is 21.6 Å². The predicted molar refractivity (Wildman–Crippen MR) is 141 cm³/mol. The topological polar surface area (TPSA) is 90.3 Å². The number of ether oxygens (including phenoxy) is 1. The Morgan fingerprint density at radius 1 is 0.917 bits per heavy atom. The summed E-state index contributed by atoms with van der Waals surface area (Å²) in [6.45, 7) is 1.86. The lowest BCUT2D eigenvalue weighted by atomic mass is 10.0. The first kappa shape index (κ1) is 23.2. The second-order valence-corrected chi connectivity index (χ2v) is 8.75. The highest BCUT2D eigenvalue weighted by molar-refractivity contribution is 7.16. The van der Waals surface area contributed by atoms with Crippen LogP contribution in [0.15, 0.2) is 95.1 Å². The van der Waals surface area contributed by atoms with E-state index in [-0.39, 0.29) is 23.6 Å². The highest BCUT2D eigenvalue weighted by atomic mass is 32.1. The number of thiophene rings is 1. The number of hydrogen-bond acceptors (Lipinski definition) is 6. The van der Waals surface area contributed by atoms with Crippen LogP contribution >= 0.6 is 11.3 Å². The number of para-hydroxylation sites is 1. The van der Waals surface area contributed by atoms with E-state index < -0.39 is 11.5 Å². The maximum atomic E-state index is 13.5. The standard InChI is InChI=1S/C28H21N3O4S/c1-2-35-28(34)24-22-17-36-26(23(22)27(33)31(30-24)21-11-7-4-8-12-21)29-25(32)20-15-13-19(14-16-20)18-9-5-3-6-10-18/h3-17H,2H2,1H3,(H,29,32). The summed E-state index contributed by atoms with van der Waals surface area (Å²) in [6, 6.07) is 25.9. The normalized spacial score (nSPS) is 10.8. The van der Waals surface area contributed by atoms with Crippen LogP contribution in [0.2, 0.25) is 0 Å². The molecule has 0 radical (unpaired) electrons. The van der Waals surface area contributed by atoms with Gasteiger partial charge in [0.05, 0.1) is 17.7 Å². The van der Waals surface area contributed by atoms with Crippen molar-refractivity contribution in [1.29, 1.82) is 0 Å². The number of benzene rings is 3. The fraction of sp³-hybridized carbons (Fsp3) is 0.0714. The zero-order valence-corrected chi connectivity index (χ0v) is 20.1. The Bertz CT molecular complexity index is 1610. The molecule has 0 aliphatic rings. The Labute approximate surface area is 210 Å². The average Bonchev–Trinajstić information content (AvgIpc) is 3.34. The van der Waals surface area contributed by atoms with E-state index >= 15 is 0 Å². The number of anilines is 1. The maximum Gasteiger partial charge on any atom is 0.359 e. The van der Waals surface area contributed by atoms with E-state index in [1.54, 1.807) is 48.7 Å². The van der Waals surface area contributed by atoms with Crippen LogP contribution in [0.5, 0.6) is 0 Å². The molecule has 0 spiro atoms. The quantitative estimate of drug-likeness (QED) is 0.312. The van der Waals surface area contributed by atoms with Crippen molar-refractivity contribution in [2.45, 2.75) is 6.92 Å². The van der Waals surface area contributed by atoms with E-state index in [0.717, 1.165) is 27.1 Å². The minimum atomic E-state index is -0.639. The van der Waals surface area contributed by atoms with E-state index in [1.165, 1.54) is 0 Å². The molecule has 178 valence electrons. The van der Waals surface area contributed by atoms with Gasteiger partial charge in [0.1, 0.15) is 5.00 Å². The summed E-state index contributed by atoms with van der Waals surface area (Å²) >= 11 is 1.16. The molecule has 7 nitrogen and oxygen atoms in total. The van der Waals surface area contributed by atoms with Gasteiger partial charge in [-0.05, 0) is 42.3 Å². The molecule has 0 atom stereocenters. The summed E-state index contributed by atoms with van der Waals surface area (Å²) in [5.41, 5.74) is 2.55. The minimum absolute atomic E-state index is 0.0132. The van der Waals surface area contributed by atoms with Gasteiger partial charge < -0.3 is 10.1 Å². The van der Waals surface area contributed by atoms with E-state index in [2.05, 4.69) is 10.4 Å². The third-order valence-electron chi connectivity index (χ3n) is 5.60. The molecule has 2 heterocycles. The summed E-state index contributed by atoms with van der Waals surface area (Å²) in [5.74, 6) is -1.00. The van der Waals surface area contributed by atoms with Crippen molar-refractivity contribution in [3.63, 3.8) is 0 Å². The van der Waals surface area contributed by atoms with Crippen LogP contribution in [0.3, 0.4) is 0 Å². The van der Waals surface area contributed by atoms with Gasteiger partial charge in [-0.15, -0.1) is 11.3 Å². The number of hydrogen-bond donors (Lipinski definition) is 1. The van der Waals surface area contributed by atoms with Crippen molar-refractivity contribution in [3.8, 4) is 16.8 Å². The van der Waals surface area contributed by atoms with Crippen LogP contribution in [-0.4, -0.2) is 28.3 Å². The molecular weight excluding hydrogens is 474 g/mol. The lowest BCUT2D eigenvalue weighted by Gasteiger charge is -2.10. The molecule has 3 aromatic carbocycles. The van der Waals surface area contributed by atoms with Crippen LogP contribution < -0.4 is 10.9 Å². The molecular formula is C28H21N3O4S. The molecule has 8 heteroatoms. The largest absolute Gasteiger partial charge is 0.461 e. The Morgan fingerprint density at radius 2 is 1.56 bits per heavy atom. The number of aromatic nitrogens is 2. The molecule has 1 N–H and O–H groups in total. The summed E-state index contributed by atoms with van der Waals surface area (Å²) < 4.78 is 6.33. The first-order valence-corrected chi connectivity index (χ1v) is 12.2. The van der Waals surface area contributed by atoms with Crippen molar-refractivity contribution >= 4 is 39.0 Å². The lowest BCUT2D eigenvalue weighted by Crippen LogP contribution is -2.25. The van der Waals surface area contributed by atoms with Crippen molar-refractivity contribution < 1.29 is 14.3 Å². The number of amides is 1. The van der Waals surface area contributed by atoms with Gasteiger partial charge in [-0.1, -0.05) is 60.7 Å². The highest BCUT2D eigenvalue weighted by Crippen LogP contribution is 2.31. The average molecular weight is 496 g/mol. The molecule has 0 unspecified atom stereocenters. The number of carbonyl (C=O) groups excluding carboxylic acids is 2. The summed E-state index contributed by atoms with van der Waals surface area (Å²) in [5, 5.41) is 9.67. The SMILES string of the molecule is CCOC(=O)c1nn(-c2ccccc2)c(=O)c2c(NC(=O)c3ccc(-c4ccccc4)cc3)scc12. The molecule has 1 amide bonds. The number of nitrogens with one attached hydrogen (secondary N) is 1. The summed E-state index contributed by atoms with van der Waals surface area (Å²) in [7, 11) is 0. The van der Waals surface area contributed by atoms with Gasteiger partial charge in [0.15, 0.2) is 5.69 Å². The highest BCUT2D eigenvalue weighted by Gasteiger charge is 2.23. The fourth-order valence-electron chi connectivity index (χ4n) is 3.86. The Hall–Kier alpha value is -4.56. The van der Waals surface area contributed by atoms with Crippen molar-refractivity contribution in [2.24, 2.45) is 0 Å². The van der Waals surface area contributed by atoms with Gasteiger partial charge in [0.25, 0.3) is 11.5 Å². The van der Waals surface area contributed by atoms with Crippen molar-refractivity contribution in [3.05, 3.63) is 112 Å². The van der Waals surface area contributed by atoms with Gasteiger partial charge >= 0.3 is 5.97 Å². The van der Waals surface area contributed by atoms with Gasteiger partial charge in [-0.3, -0.25) is 9.59 Å². The zero-order chi connectivity index (χ0) is 25.1.